The van der Waals surface area contributed by atoms with Gasteiger partial charge in [-0.05, 0) is 12.8 Å². The smallest absolute Gasteiger partial charge is 0.0193 e. The quantitative estimate of drug-likeness (QED) is 0.521. The van der Waals surface area contributed by atoms with Crippen LogP contribution in [0.3, 0.4) is 0 Å². The lowest BCUT2D eigenvalue weighted by atomic mass is 10.1. The van der Waals surface area contributed by atoms with Gasteiger partial charge in [0.05, 0.1) is 0 Å². The minimum atomic E-state index is 0.744. The number of hydrogen-bond donors (Lipinski definition) is 4. The number of hydrogen-bond acceptors (Lipinski definition) is 4. The second kappa shape index (κ2) is 23.8. The van der Waals surface area contributed by atoms with Crippen LogP contribution in [0.5, 0.6) is 0 Å². The fraction of sp³-hybridized carbons (Fsp3) is 1.00. The second-order valence-corrected chi connectivity index (χ2v) is 6.35. The zero-order chi connectivity index (χ0) is 19.2. The molecule has 0 spiro atoms. The van der Waals surface area contributed by atoms with Crippen LogP contribution in [0, 0.1) is 0 Å². The van der Waals surface area contributed by atoms with Crippen LogP contribution in [0.25, 0.3) is 0 Å². The first kappa shape index (κ1) is 27.1. The van der Waals surface area contributed by atoms with Crippen molar-refractivity contribution in [1.29, 1.82) is 0 Å². The van der Waals surface area contributed by atoms with Gasteiger partial charge < -0.3 is 21.3 Å². The highest BCUT2D eigenvalue weighted by atomic mass is 15.1. The molecule has 25 heavy (non-hydrogen) atoms. The summed E-state index contributed by atoms with van der Waals surface area (Å²) >= 11 is 0. The lowest BCUT2D eigenvalue weighted by Gasteiger charge is -2.24. The largest absolute Gasteiger partial charge is 0.314 e. The molecule has 4 nitrogen and oxygen atoms in total. The molecule has 2 aliphatic heterocycles. The summed E-state index contributed by atoms with van der Waals surface area (Å²) in [6, 6.07) is 1.49. The molecule has 0 bridgehead atoms. The molecule has 0 saturated carbocycles. The Kier molecular flexibility index (Phi) is 25.8. The molecule has 2 atom stereocenters. The van der Waals surface area contributed by atoms with E-state index in [0.29, 0.717) is 0 Å². The third-order valence-corrected chi connectivity index (χ3v) is 4.31. The Bertz CT molecular complexity index is 212. The Labute approximate surface area is 159 Å². The number of nitrogens with one attached hydrogen (secondary N) is 4. The van der Waals surface area contributed by atoms with Crippen molar-refractivity contribution in [3.05, 3.63) is 0 Å². The van der Waals surface area contributed by atoms with Crippen molar-refractivity contribution < 1.29 is 0 Å². The van der Waals surface area contributed by atoms with E-state index >= 15 is 0 Å². The van der Waals surface area contributed by atoms with Gasteiger partial charge in [-0.15, -0.1) is 0 Å². The predicted molar refractivity (Wildman–Crippen MR) is 116 cm³/mol. The average Bonchev–Trinajstić information content (AvgIpc) is 2.72. The molecule has 2 rings (SSSR count). The Morgan fingerprint density at radius 2 is 1.04 bits per heavy atom. The molecule has 0 aliphatic carbocycles. The Balaban J connectivity index is 0. The Morgan fingerprint density at radius 3 is 1.40 bits per heavy atom. The first-order valence-corrected chi connectivity index (χ1v) is 11.2. The highest BCUT2D eigenvalue weighted by Crippen LogP contribution is 2.03. The third kappa shape index (κ3) is 18.4. The van der Waals surface area contributed by atoms with E-state index in [1.54, 1.807) is 0 Å². The molecular weight excluding hydrogens is 308 g/mol. The van der Waals surface area contributed by atoms with Gasteiger partial charge in [-0.1, -0.05) is 73.6 Å². The summed E-state index contributed by atoms with van der Waals surface area (Å²) in [6.45, 7) is 19.4. The van der Waals surface area contributed by atoms with E-state index in [2.05, 4.69) is 35.1 Å². The molecule has 0 radical (unpaired) electrons. The van der Waals surface area contributed by atoms with Crippen molar-refractivity contribution in [2.45, 2.75) is 98.6 Å². The van der Waals surface area contributed by atoms with Gasteiger partial charge in [0.1, 0.15) is 0 Å². The van der Waals surface area contributed by atoms with Crippen molar-refractivity contribution in [2.75, 3.05) is 39.3 Å². The van der Waals surface area contributed by atoms with Crippen molar-refractivity contribution in [3.63, 3.8) is 0 Å². The van der Waals surface area contributed by atoms with Gasteiger partial charge in [0, 0.05) is 51.4 Å². The van der Waals surface area contributed by atoms with Crippen molar-refractivity contribution in [2.24, 2.45) is 0 Å². The van der Waals surface area contributed by atoms with E-state index in [-0.39, 0.29) is 0 Å². The van der Waals surface area contributed by atoms with E-state index in [0.717, 1.165) is 38.3 Å². The predicted octanol–water partition coefficient (Wildman–Crippen LogP) is 3.92. The van der Waals surface area contributed by atoms with Gasteiger partial charge in [0.2, 0.25) is 0 Å². The summed E-state index contributed by atoms with van der Waals surface area (Å²) in [5, 5.41) is 13.8. The molecule has 154 valence electrons. The van der Waals surface area contributed by atoms with Gasteiger partial charge in [-0.3, -0.25) is 0 Å². The maximum absolute atomic E-state index is 3.52. The monoisotopic (exact) mass is 358 g/mol. The average molecular weight is 359 g/mol. The molecule has 2 aliphatic rings. The molecule has 0 amide bonds. The summed E-state index contributed by atoms with van der Waals surface area (Å²) in [6.07, 6.45) is 9.47. The molecule has 0 aromatic heterocycles. The zero-order valence-corrected chi connectivity index (χ0v) is 18.3. The van der Waals surface area contributed by atoms with E-state index in [1.165, 1.54) is 58.0 Å². The van der Waals surface area contributed by atoms with E-state index in [1.807, 2.05) is 27.7 Å². The van der Waals surface area contributed by atoms with Crippen molar-refractivity contribution >= 4 is 0 Å². The maximum atomic E-state index is 3.52. The van der Waals surface area contributed by atoms with Crippen molar-refractivity contribution in [3.8, 4) is 0 Å². The minimum absolute atomic E-state index is 0.744. The van der Waals surface area contributed by atoms with Crippen LogP contribution in [0.2, 0.25) is 0 Å². The summed E-state index contributed by atoms with van der Waals surface area (Å²) < 4.78 is 0. The molecular formula is C21H50N4. The van der Waals surface area contributed by atoms with Crippen LogP contribution in [0.1, 0.15) is 86.5 Å². The van der Waals surface area contributed by atoms with Gasteiger partial charge >= 0.3 is 0 Å². The molecule has 4 N–H and O–H groups in total. The van der Waals surface area contributed by atoms with Crippen LogP contribution >= 0.6 is 0 Å². The molecule has 4 heteroatoms. The summed E-state index contributed by atoms with van der Waals surface area (Å²) in [5.74, 6) is 0. The second-order valence-electron chi connectivity index (χ2n) is 6.35. The molecule has 2 fully saturated rings. The van der Waals surface area contributed by atoms with Crippen LogP contribution in [-0.4, -0.2) is 51.4 Å². The zero-order valence-electron chi connectivity index (χ0n) is 18.3. The summed E-state index contributed by atoms with van der Waals surface area (Å²) in [4.78, 5) is 0. The van der Waals surface area contributed by atoms with E-state index in [4.69, 9.17) is 0 Å². The third-order valence-electron chi connectivity index (χ3n) is 4.31. The fourth-order valence-electron chi connectivity index (χ4n) is 2.93. The molecule has 0 aromatic rings. The first-order valence-electron chi connectivity index (χ1n) is 11.2. The standard InChI is InChI=1S/C9H20N2.C8H18N2.2C2H6/c1-2-3-4-5-9-8-10-6-7-11-9;1-2-3-4-8-7-9-5-6-10-8;2*1-2/h9-11H,2-8H2,1H3;8-10H,2-7H2,1H3;2*1-2H3. The maximum Gasteiger partial charge on any atom is 0.0193 e. The van der Waals surface area contributed by atoms with Gasteiger partial charge in [-0.25, -0.2) is 0 Å². The van der Waals surface area contributed by atoms with Crippen LogP contribution < -0.4 is 21.3 Å². The molecule has 2 unspecified atom stereocenters. The highest BCUT2D eigenvalue weighted by Gasteiger charge is 2.10. The fourth-order valence-corrected chi connectivity index (χ4v) is 2.93. The van der Waals surface area contributed by atoms with Gasteiger partial charge in [0.25, 0.3) is 0 Å². The number of piperazine rings is 2. The molecule has 2 saturated heterocycles. The number of rotatable bonds is 7. The molecule has 0 aromatic carbocycles. The van der Waals surface area contributed by atoms with E-state index in [9.17, 15) is 0 Å². The van der Waals surface area contributed by atoms with Crippen molar-refractivity contribution in [1.82, 2.24) is 21.3 Å². The van der Waals surface area contributed by atoms with Gasteiger partial charge in [-0.2, -0.15) is 0 Å². The minimum Gasteiger partial charge on any atom is -0.314 e. The van der Waals surface area contributed by atoms with Crippen LogP contribution in [0.15, 0.2) is 0 Å². The lowest BCUT2D eigenvalue weighted by Crippen LogP contribution is -2.48. The topological polar surface area (TPSA) is 48.1 Å². The summed E-state index contributed by atoms with van der Waals surface area (Å²) in [7, 11) is 0. The lowest BCUT2D eigenvalue weighted by molar-refractivity contribution is 0.388. The van der Waals surface area contributed by atoms with E-state index < -0.39 is 0 Å². The van der Waals surface area contributed by atoms with Gasteiger partial charge in [0.15, 0.2) is 0 Å². The Morgan fingerprint density at radius 1 is 0.600 bits per heavy atom. The highest BCUT2D eigenvalue weighted by molar-refractivity contribution is 4.75. The normalized spacial score (nSPS) is 22.3. The summed E-state index contributed by atoms with van der Waals surface area (Å²) in [5.41, 5.74) is 0. The number of unbranched alkanes of at least 4 members (excludes halogenated alkanes) is 3. The SMILES string of the molecule is CC.CC.CCCCC1CNCCN1.CCCCCC1CNCCN1. The van der Waals surface area contributed by atoms with Crippen LogP contribution in [0.4, 0.5) is 0 Å². The van der Waals surface area contributed by atoms with Crippen LogP contribution in [-0.2, 0) is 0 Å². The first-order chi connectivity index (χ1) is 12.4. The molecule has 2 heterocycles. The Hall–Kier alpha value is -0.160.